The third-order valence-electron chi connectivity index (χ3n) is 2.57. The second-order valence-electron chi connectivity index (χ2n) is 3.70. The number of primary amides is 1. The van der Waals surface area contributed by atoms with Crippen LogP contribution >= 0.6 is 11.3 Å². The number of nitrogens with two attached hydrogens (primary N) is 1. The normalized spacial score (nSPS) is 32.9. The van der Waals surface area contributed by atoms with E-state index in [2.05, 4.69) is 4.98 Å². The topological polar surface area (TPSA) is 126 Å². The van der Waals surface area contributed by atoms with Crippen molar-refractivity contribution in [3.8, 4) is 0 Å². The number of thiazole rings is 1. The zero-order chi connectivity index (χ0) is 12.6. The summed E-state index contributed by atoms with van der Waals surface area (Å²) < 4.78 is 5.26. The van der Waals surface area contributed by atoms with Crippen molar-refractivity contribution in [3.63, 3.8) is 0 Å². The van der Waals surface area contributed by atoms with Gasteiger partial charge >= 0.3 is 0 Å². The second-order valence-corrected chi connectivity index (χ2v) is 4.56. The summed E-state index contributed by atoms with van der Waals surface area (Å²) >= 11 is 1.04. The first kappa shape index (κ1) is 12.4. The lowest BCUT2D eigenvalue weighted by Crippen LogP contribution is -2.32. The maximum atomic E-state index is 10.9. The fraction of sp³-hybridized carbons (Fsp3) is 0.556. The minimum Gasteiger partial charge on any atom is -0.394 e. The summed E-state index contributed by atoms with van der Waals surface area (Å²) in [5.41, 5.74) is 5.38. The van der Waals surface area contributed by atoms with Crippen LogP contribution in [0.4, 0.5) is 0 Å². The minimum absolute atomic E-state index is 0.109. The molecule has 8 heteroatoms. The van der Waals surface area contributed by atoms with Crippen molar-refractivity contribution in [2.75, 3.05) is 6.61 Å². The lowest BCUT2D eigenvalue weighted by molar-refractivity contribution is -0.0238. The summed E-state index contributed by atoms with van der Waals surface area (Å²) in [6.45, 7) is -0.401. The first-order valence-corrected chi connectivity index (χ1v) is 5.80. The van der Waals surface area contributed by atoms with Gasteiger partial charge in [-0.1, -0.05) is 0 Å². The van der Waals surface area contributed by atoms with E-state index in [-0.39, 0.29) is 5.01 Å². The van der Waals surface area contributed by atoms with Crippen LogP contribution in [-0.2, 0) is 4.74 Å². The number of ether oxygens (including phenoxy) is 1. The maximum Gasteiger partial charge on any atom is 0.277 e. The molecule has 0 bridgehead atoms. The number of nitrogens with zero attached hydrogens (tertiary/aromatic N) is 1. The van der Waals surface area contributed by atoms with Crippen LogP contribution in [-0.4, -0.2) is 51.1 Å². The minimum atomic E-state index is -1.19. The number of aliphatic hydroxyl groups is 3. The second kappa shape index (κ2) is 4.67. The number of hydrogen-bond acceptors (Lipinski definition) is 7. The number of carbonyl (C=O) groups excluding carboxylic acids is 1. The third-order valence-corrected chi connectivity index (χ3v) is 3.44. The lowest BCUT2D eigenvalue weighted by Gasteiger charge is -2.11. The van der Waals surface area contributed by atoms with Crippen molar-refractivity contribution >= 4 is 17.2 Å². The molecule has 0 spiro atoms. The Bertz CT molecular complexity index is 423. The van der Waals surface area contributed by atoms with Crippen LogP contribution in [0.1, 0.15) is 21.6 Å². The Morgan fingerprint density at radius 1 is 1.53 bits per heavy atom. The van der Waals surface area contributed by atoms with E-state index >= 15 is 0 Å². The Kier molecular flexibility index (Phi) is 3.40. The standard InChI is InChI=1S/C9H12N2O5S/c10-8(15)9-11-3(2-17-9)7-6(14)5(13)4(1-12)16-7/h2,4-7,12-14H,1H2,(H2,10,15)/t4-,5+,6+,7+/m0/s1. The van der Waals surface area contributed by atoms with Gasteiger partial charge in [0.05, 0.1) is 12.3 Å². The maximum absolute atomic E-state index is 10.9. The summed E-state index contributed by atoms with van der Waals surface area (Å²) in [6.07, 6.45) is -4.07. The van der Waals surface area contributed by atoms with Crippen molar-refractivity contribution in [2.24, 2.45) is 5.73 Å². The Morgan fingerprint density at radius 3 is 2.71 bits per heavy atom. The molecular weight excluding hydrogens is 248 g/mol. The van der Waals surface area contributed by atoms with Gasteiger partial charge in [-0.2, -0.15) is 0 Å². The van der Waals surface area contributed by atoms with Gasteiger partial charge in [0, 0.05) is 5.38 Å². The zero-order valence-corrected chi connectivity index (χ0v) is 9.50. The molecule has 0 unspecified atom stereocenters. The molecule has 17 heavy (non-hydrogen) atoms. The van der Waals surface area contributed by atoms with Crippen LogP contribution in [0.15, 0.2) is 5.38 Å². The Morgan fingerprint density at radius 2 is 2.24 bits per heavy atom. The highest BCUT2D eigenvalue weighted by molar-refractivity contribution is 7.11. The van der Waals surface area contributed by atoms with Gasteiger partial charge in [0.1, 0.15) is 24.4 Å². The van der Waals surface area contributed by atoms with Crippen molar-refractivity contribution < 1.29 is 24.9 Å². The molecule has 5 N–H and O–H groups in total. The largest absolute Gasteiger partial charge is 0.394 e. The number of rotatable bonds is 3. The van der Waals surface area contributed by atoms with Crippen LogP contribution in [0.25, 0.3) is 0 Å². The highest BCUT2D eigenvalue weighted by Crippen LogP contribution is 2.33. The fourth-order valence-corrected chi connectivity index (χ4v) is 2.37. The molecule has 1 amide bonds. The highest BCUT2D eigenvalue weighted by atomic mass is 32.1. The predicted octanol–water partition coefficient (Wildman–Crippen LogP) is -1.60. The Hall–Kier alpha value is -1.06. The first-order valence-electron chi connectivity index (χ1n) is 4.92. The van der Waals surface area contributed by atoms with E-state index in [0.717, 1.165) is 11.3 Å². The molecule has 94 valence electrons. The zero-order valence-electron chi connectivity index (χ0n) is 8.68. The van der Waals surface area contributed by atoms with E-state index in [1.165, 1.54) is 5.38 Å². The van der Waals surface area contributed by atoms with Crippen LogP contribution in [0, 0.1) is 0 Å². The van der Waals surface area contributed by atoms with Gasteiger partial charge in [0.15, 0.2) is 5.01 Å². The third kappa shape index (κ3) is 2.17. The molecule has 4 atom stereocenters. The van der Waals surface area contributed by atoms with E-state index in [0.29, 0.717) is 5.69 Å². The monoisotopic (exact) mass is 260 g/mol. The molecule has 1 aliphatic heterocycles. The summed E-state index contributed by atoms with van der Waals surface area (Å²) in [5, 5.41) is 29.8. The lowest BCUT2D eigenvalue weighted by atomic mass is 10.1. The van der Waals surface area contributed by atoms with Crippen molar-refractivity contribution in [1.29, 1.82) is 0 Å². The summed E-state index contributed by atoms with van der Waals surface area (Å²) in [4.78, 5) is 14.8. The molecular formula is C9H12N2O5S. The van der Waals surface area contributed by atoms with Crippen LogP contribution in [0.3, 0.4) is 0 Å². The molecule has 1 aromatic rings. The van der Waals surface area contributed by atoms with Crippen molar-refractivity contribution in [3.05, 3.63) is 16.1 Å². The molecule has 0 radical (unpaired) electrons. The molecule has 1 aliphatic rings. The number of aromatic nitrogens is 1. The Labute approximate surface area is 100 Å². The number of amides is 1. The number of aliphatic hydroxyl groups excluding tert-OH is 3. The molecule has 1 saturated heterocycles. The molecule has 2 heterocycles. The first-order chi connectivity index (χ1) is 8.04. The Balaban J connectivity index is 2.19. The average molecular weight is 260 g/mol. The molecule has 2 rings (SSSR count). The molecule has 7 nitrogen and oxygen atoms in total. The van der Waals surface area contributed by atoms with E-state index in [1.807, 2.05) is 0 Å². The van der Waals surface area contributed by atoms with Gasteiger partial charge in [-0.3, -0.25) is 4.79 Å². The molecule has 1 aromatic heterocycles. The van der Waals surface area contributed by atoms with Crippen LogP contribution in [0.5, 0.6) is 0 Å². The predicted molar refractivity (Wildman–Crippen MR) is 57.3 cm³/mol. The van der Waals surface area contributed by atoms with Gasteiger partial charge in [0.25, 0.3) is 5.91 Å². The van der Waals surface area contributed by atoms with Gasteiger partial charge in [-0.15, -0.1) is 11.3 Å². The van der Waals surface area contributed by atoms with Gasteiger partial charge in [-0.05, 0) is 0 Å². The number of carbonyl (C=O) groups is 1. The van der Waals surface area contributed by atoms with E-state index in [1.54, 1.807) is 0 Å². The van der Waals surface area contributed by atoms with Crippen molar-refractivity contribution in [1.82, 2.24) is 4.98 Å². The summed E-state index contributed by atoms with van der Waals surface area (Å²) in [5.74, 6) is -0.659. The SMILES string of the molecule is NC(=O)c1nc([C@H]2O[C@@H](CO)[C@@H](O)[C@H]2O)cs1. The van der Waals surface area contributed by atoms with Crippen molar-refractivity contribution in [2.45, 2.75) is 24.4 Å². The quantitative estimate of drug-likeness (QED) is 0.518. The highest BCUT2D eigenvalue weighted by Gasteiger charge is 2.44. The average Bonchev–Trinajstić information content (AvgIpc) is 2.87. The van der Waals surface area contributed by atoms with E-state index in [9.17, 15) is 15.0 Å². The van der Waals surface area contributed by atoms with Crippen LogP contribution < -0.4 is 5.73 Å². The molecule has 0 saturated carbocycles. The van der Waals surface area contributed by atoms with Gasteiger partial charge in [-0.25, -0.2) is 4.98 Å². The smallest absolute Gasteiger partial charge is 0.277 e. The number of hydrogen-bond donors (Lipinski definition) is 4. The molecule has 0 aromatic carbocycles. The van der Waals surface area contributed by atoms with Gasteiger partial charge in [0.2, 0.25) is 0 Å². The summed E-state index contributed by atoms with van der Waals surface area (Å²) in [7, 11) is 0. The van der Waals surface area contributed by atoms with Gasteiger partial charge < -0.3 is 25.8 Å². The summed E-state index contributed by atoms with van der Waals surface area (Å²) in [6, 6.07) is 0. The fourth-order valence-electron chi connectivity index (χ4n) is 1.67. The van der Waals surface area contributed by atoms with E-state index < -0.39 is 36.9 Å². The van der Waals surface area contributed by atoms with E-state index in [4.69, 9.17) is 15.6 Å². The molecule has 1 fully saturated rings. The molecule has 0 aliphatic carbocycles. The van der Waals surface area contributed by atoms with Crippen LogP contribution in [0.2, 0.25) is 0 Å².